The quantitative estimate of drug-likeness (QED) is 0.0514. The predicted molar refractivity (Wildman–Crippen MR) is 190 cm³/mol. The van der Waals surface area contributed by atoms with Crippen LogP contribution < -0.4 is 0 Å². The Bertz CT molecular complexity index is 898. The van der Waals surface area contributed by atoms with Crippen molar-refractivity contribution in [2.75, 3.05) is 99.1 Å². The molecule has 0 unspecified atom stereocenters. The van der Waals surface area contributed by atoms with E-state index in [1.807, 2.05) is 6.92 Å². The van der Waals surface area contributed by atoms with Crippen LogP contribution in [0.2, 0.25) is 0 Å². The van der Waals surface area contributed by atoms with Crippen molar-refractivity contribution in [1.82, 2.24) is 0 Å². The Morgan fingerprint density at radius 2 is 0.688 bits per heavy atom. The number of rotatable bonds is 38. The van der Waals surface area contributed by atoms with E-state index < -0.39 is 10.1 Å². The first-order valence-electron chi connectivity index (χ1n) is 18.6. The Labute approximate surface area is 292 Å². The molecule has 0 aliphatic heterocycles. The monoisotopic (exact) mass is 704 g/mol. The van der Waals surface area contributed by atoms with Crippen LogP contribution in [0.25, 0.3) is 0 Å². The summed E-state index contributed by atoms with van der Waals surface area (Å²) in [5.41, 5.74) is 0.982. The molecule has 0 saturated heterocycles. The summed E-state index contributed by atoms with van der Waals surface area (Å²) in [4.78, 5) is 0.137. The van der Waals surface area contributed by atoms with Crippen LogP contribution in [0.1, 0.15) is 102 Å². The number of hydrogen-bond acceptors (Lipinski definition) is 10. The van der Waals surface area contributed by atoms with Crippen LogP contribution in [0.4, 0.5) is 0 Å². The Morgan fingerprint density at radius 3 is 1.04 bits per heavy atom. The number of aryl methyl sites for hydroxylation is 1. The van der Waals surface area contributed by atoms with Gasteiger partial charge in [-0.3, -0.25) is 4.18 Å². The van der Waals surface area contributed by atoms with Gasteiger partial charge in [0.05, 0.1) is 97.4 Å². The average Bonchev–Trinajstić information content (AvgIpc) is 3.08. The zero-order valence-corrected chi connectivity index (χ0v) is 31.1. The van der Waals surface area contributed by atoms with Gasteiger partial charge in [0.1, 0.15) is 0 Å². The summed E-state index contributed by atoms with van der Waals surface area (Å²) >= 11 is 0. The van der Waals surface area contributed by atoms with Crippen molar-refractivity contribution >= 4 is 10.1 Å². The van der Waals surface area contributed by atoms with Gasteiger partial charge in [-0.1, -0.05) is 108 Å². The van der Waals surface area contributed by atoms with Crippen LogP contribution in [0.15, 0.2) is 29.2 Å². The maximum Gasteiger partial charge on any atom is 0.297 e. The lowest BCUT2D eigenvalue weighted by Gasteiger charge is -2.09. The number of unbranched alkanes of at least 4 members (excludes halogenated alkanes) is 13. The molecule has 0 atom stereocenters. The van der Waals surface area contributed by atoms with Gasteiger partial charge in [0, 0.05) is 6.61 Å². The lowest BCUT2D eigenvalue weighted by atomic mass is 10.0. The van der Waals surface area contributed by atoms with Gasteiger partial charge in [0.15, 0.2) is 0 Å². The molecule has 0 spiro atoms. The third-order valence-electron chi connectivity index (χ3n) is 7.65. The van der Waals surface area contributed by atoms with Gasteiger partial charge < -0.3 is 33.2 Å². The van der Waals surface area contributed by atoms with Gasteiger partial charge >= 0.3 is 0 Å². The van der Waals surface area contributed by atoms with Crippen molar-refractivity contribution < 1.29 is 45.8 Å². The van der Waals surface area contributed by atoms with Crippen molar-refractivity contribution in [2.24, 2.45) is 0 Å². The van der Waals surface area contributed by atoms with Gasteiger partial charge in [-0.25, -0.2) is 0 Å². The van der Waals surface area contributed by atoms with E-state index in [0.717, 1.165) is 18.6 Å². The highest BCUT2D eigenvalue weighted by Gasteiger charge is 2.14. The first kappa shape index (κ1) is 44.9. The molecule has 1 rings (SSSR count). The van der Waals surface area contributed by atoms with Crippen molar-refractivity contribution in [2.45, 2.75) is 109 Å². The summed E-state index contributed by atoms with van der Waals surface area (Å²) in [6, 6.07) is 6.51. The second-order valence-electron chi connectivity index (χ2n) is 12.0. The van der Waals surface area contributed by atoms with E-state index in [1.165, 1.54) is 95.6 Å². The highest BCUT2D eigenvalue weighted by atomic mass is 32.2. The standard InChI is InChI=1S/C37H68O10S/c1-3-4-5-6-7-8-9-10-11-12-13-14-15-16-21-40-22-23-41-24-25-42-26-27-43-28-29-44-30-31-45-32-33-46-34-35-47-48(38,39)37-19-17-36(2)18-20-37/h17-20H,3-16,21-35H2,1-2H3. The third-order valence-corrected chi connectivity index (χ3v) is 8.98. The van der Waals surface area contributed by atoms with Gasteiger partial charge in [-0.15, -0.1) is 0 Å². The van der Waals surface area contributed by atoms with E-state index >= 15 is 0 Å². The Kier molecular flexibility index (Phi) is 32.1. The van der Waals surface area contributed by atoms with Crippen molar-refractivity contribution in [1.29, 1.82) is 0 Å². The lowest BCUT2D eigenvalue weighted by molar-refractivity contribution is -0.0212. The zero-order valence-electron chi connectivity index (χ0n) is 30.3. The first-order valence-corrected chi connectivity index (χ1v) is 20.0. The largest absolute Gasteiger partial charge is 0.379 e. The highest BCUT2D eigenvalue weighted by Crippen LogP contribution is 2.14. The molecule has 282 valence electrons. The van der Waals surface area contributed by atoms with Crippen LogP contribution in [0.5, 0.6) is 0 Å². The van der Waals surface area contributed by atoms with E-state index in [2.05, 4.69) is 6.92 Å². The summed E-state index contributed by atoms with van der Waals surface area (Å²) in [7, 11) is -3.76. The van der Waals surface area contributed by atoms with E-state index in [0.29, 0.717) is 79.3 Å². The summed E-state index contributed by atoms with van der Waals surface area (Å²) in [5.74, 6) is 0. The second-order valence-corrected chi connectivity index (χ2v) is 13.6. The van der Waals surface area contributed by atoms with Crippen molar-refractivity contribution in [3.05, 3.63) is 29.8 Å². The predicted octanol–water partition coefficient (Wildman–Crippen LogP) is 7.30. The normalized spacial score (nSPS) is 11.9. The van der Waals surface area contributed by atoms with E-state index in [1.54, 1.807) is 12.1 Å². The number of hydrogen-bond donors (Lipinski definition) is 0. The second kappa shape index (κ2) is 34.3. The molecule has 0 bridgehead atoms. The van der Waals surface area contributed by atoms with Gasteiger partial charge in [0.2, 0.25) is 0 Å². The molecular weight excluding hydrogens is 636 g/mol. The van der Waals surface area contributed by atoms with E-state index in [4.69, 9.17) is 37.3 Å². The van der Waals surface area contributed by atoms with Gasteiger partial charge in [0.25, 0.3) is 10.1 Å². The van der Waals surface area contributed by atoms with E-state index in [-0.39, 0.29) is 18.1 Å². The average molecular weight is 705 g/mol. The van der Waals surface area contributed by atoms with Crippen molar-refractivity contribution in [3.63, 3.8) is 0 Å². The summed E-state index contributed by atoms with van der Waals surface area (Å²) in [6.45, 7) is 11.1. The summed E-state index contributed by atoms with van der Waals surface area (Å²) in [5, 5.41) is 0. The first-order chi connectivity index (χ1) is 23.6. The smallest absolute Gasteiger partial charge is 0.297 e. The van der Waals surface area contributed by atoms with Crippen LogP contribution in [-0.4, -0.2) is 108 Å². The van der Waals surface area contributed by atoms with Gasteiger partial charge in [-0.05, 0) is 25.5 Å². The minimum atomic E-state index is -3.76. The molecule has 48 heavy (non-hydrogen) atoms. The molecule has 0 aliphatic rings. The number of benzene rings is 1. The fourth-order valence-corrected chi connectivity index (χ4v) is 5.69. The molecule has 0 aliphatic carbocycles. The molecule has 11 heteroatoms. The van der Waals surface area contributed by atoms with Gasteiger partial charge in [-0.2, -0.15) is 8.42 Å². The zero-order chi connectivity index (χ0) is 34.6. The van der Waals surface area contributed by atoms with Crippen LogP contribution >= 0.6 is 0 Å². The SMILES string of the molecule is CCCCCCCCCCCCCCCCOCCOCCOCCOCCOCCOCCOCCOS(=O)(=O)c1ccc(C)cc1. The molecule has 0 aromatic heterocycles. The van der Waals surface area contributed by atoms with E-state index in [9.17, 15) is 8.42 Å². The fourth-order valence-electron chi connectivity index (χ4n) is 4.80. The molecule has 1 aromatic carbocycles. The Balaban J connectivity index is 1.67. The minimum absolute atomic E-state index is 0.0484. The third kappa shape index (κ3) is 29.7. The fraction of sp³-hybridized carbons (Fsp3) is 0.838. The Hall–Kier alpha value is -1.15. The molecular formula is C37H68O10S. The van der Waals surface area contributed by atoms with Crippen LogP contribution in [-0.2, 0) is 47.5 Å². The van der Waals surface area contributed by atoms with Crippen LogP contribution in [0.3, 0.4) is 0 Å². The molecule has 0 heterocycles. The molecule has 0 radical (unpaired) electrons. The summed E-state index contributed by atoms with van der Waals surface area (Å²) < 4.78 is 67.6. The topological polar surface area (TPSA) is 108 Å². The Morgan fingerprint density at radius 1 is 0.396 bits per heavy atom. The molecule has 0 amide bonds. The molecule has 0 N–H and O–H groups in total. The van der Waals surface area contributed by atoms with Crippen molar-refractivity contribution in [3.8, 4) is 0 Å². The van der Waals surface area contributed by atoms with Crippen LogP contribution in [0, 0.1) is 6.92 Å². The molecule has 0 fully saturated rings. The molecule has 0 saturated carbocycles. The highest BCUT2D eigenvalue weighted by molar-refractivity contribution is 7.86. The summed E-state index contributed by atoms with van der Waals surface area (Å²) in [6.07, 6.45) is 19.2. The molecule has 10 nitrogen and oxygen atoms in total. The number of ether oxygens (including phenoxy) is 7. The lowest BCUT2D eigenvalue weighted by Crippen LogP contribution is -2.15. The minimum Gasteiger partial charge on any atom is -0.379 e. The maximum atomic E-state index is 12.1. The maximum absolute atomic E-state index is 12.1. The molecule has 1 aromatic rings.